The fourth-order valence-corrected chi connectivity index (χ4v) is 1.95. The monoisotopic (exact) mass is 300 g/mol. The molecule has 0 atom stereocenters. The van der Waals surface area contributed by atoms with Crippen LogP contribution >= 0.6 is 11.6 Å². The van der Waals surface area contributed by atoms with Gasteiger partial charge in [-0.15, -0.1) is 0 Å². The van der Waals surface area contributed by atoms with E-state index in [0.29, 0.717) is 21.8 Å². The standard InChI is InChI=1S/C16H13ClN2O2/c1-11-9-14(6-7-18-11)19-16(21)13-5-4-12(3-2-8-20)15(17)10-13/h4-7,9-10,20H,8H2,1H3,(H,18,19,21). The van der Waals surface area contributed by atoms with Crippen molar-refractivity contribution < 1.29 is 9.90 Å². The Labute approximate surface area is 127 Å². The summed E-state index contributed by atoms with van der Waals surface area (Å²) in [6, 6.07) is 8.33. The first-order chi connectivity index (χ1) is 10.1. The number of carbonyl (C=O) groups is 1. The third-order valence-corrected chi connectivity index (χ3v) is 3.00. The molecule has 1 aromatic carbocycles. The molecule has 0 unspecified atom stereocenters. The first kappa shape index (κ1) is 15.0. The Morgan fingerprint density at radius 1 is 1.38 bits per heavy atom. The SMILES string of the molecule is Cc1cc(NC(=O)c2ccc(C#CCO)c(Cl)c2)ccn1. The second-order valence-electron chi connectivity index (χ2n) is 4.29. The number of halogens is 1. The molecule has 0 aliphatic carbocycles. The summed E-state index contributed by atoms with van der Waals surface area (Å²) < 4.78 is 0. The number of rotatable bonds is 2. The predicted octanol–water partition coefficient (Wildman–Crippen LogP) is 2.64. The van der Waals surface area contributed by atoms with E-state index in [-0.39, 0.29) is 12.5 Å². The van der Waals surface area contributed by atoms with Crippen molar-refractivity contribution >= 4 is 23.2 Å². The largest absolute Gasteiger partial charge is 0.384 e. The lowest BCUT2D eigenvalue weighted by Crippen LogP contribution is -2.12. The quantitative estimate of drug-likeness (QED) is 0.838. The first-order valence-corrected chi connectivity index (χ1v) is 6.61. The number of aliphatic hydroxyl groups excluding tert-OH is 1. The molecule has 2 aromatic rings. The lowest BCUT2D eigenvalue weighted by molar-refractivity contribution is 0.102. The highest BCUT2D eigenvalue weighted by atomic mass is 35.5. The molecule has 0 bridgehead atoms. The molecular weight excluding hydrogens is 288 g/mol. The molecule has 0 spiro atoms. The van der Waals surface area contributed by atoms with Gasteiger partial charge in [0.15, 0.2) is 0 Å². The van der Waals surface area contributed by atoms with Crippen molar-refractivity contribution in [3.05, 3.63) is 58.4 Å². The Bertz CT molecular complexity index is 733. The van der Waals surface area contributed by atoms with Crippen LogP contribution in [0.5, 0.6) is 0 Å². The van der Waals surface area contributed by atoms with Crippen molar-refractivity contribution in [2.75, 3.05) is 11.9 Å². The summed E-state index contributed by atoms with van der Waals surface area (Å²) in [5, 5.41) is 11.8. The molecule has 1 aromatic heterocycles. The lowest BCUT2D eigenvalue weighted by Gasteiger charge is -2.06. The van der Waals surface area contributed by atoms with E-state index in [1.807, 2.05) is 6.92 Å². The summed E-state index contributed by atoms with van der Waals surface area (Å²) >= 11 is 6.06. The van der Waals surface area contributed by atoms with Crippen molar-refractivity contribution in [2.24, 2.45) is 0 Å². The van der Waals surface area contributed by atoms with Gasteiger partial charge in [-0.1, -0.05) is 23.4 Å². The van der Waals surface area contributed by atoms with E-state index < -0.39 is 0 Å². The van der Waals surface area contributed by atoms with E-state index in [9.17, 15) is 4.79 Å². The fraction of sp³-hybridized carbons (Fsp3) is 0.125. The van der Waals surface area contributed by atoms with Crippen LogP contribution < -0.4 is 5.32 Å². The Balaban J connectivity index is 2.18. The maximum atomic E-state index is 12.1. The zero-order valence-electron chi connectivity index (χ0n) is 11.4. The van der Waals surface area contributed by atoms with Gasteiger partial charge in [0.05, 0.1) is 5.02 Å². The molecule has 106 valence electrons. The number of anilines is 1. The number of aromatic nitrogens is 1. The van der Waals surface area contributed by atoms with Crippen LogP contribution in [0, 0.1) is 18.8 Å². The van der Waals surface area contributed by atoms with Gasteiger partial charge >= 0.3 is 0 Å². The Morgan fingerprint density at radius 2 is 2.19 bits per heavy atom. The molecule has 21 heavy (non-hydrogen) atoms. The van der Waals surface area contributed by atoms with Crippen LogP contribution in [0.25, 0.3) is 0 Å². The average molecular weight is 301 g/mol. The minimum absolute atomic E-state index is 0.236. The van der Waals surface area contributed by atoms with Crippen LogP contribution in [0.3, 0.4) is 0 Å². The van der Waals surface area contributed by atoms with Crippen molar-refractivity contribution in [3.8, 4) is 11.8 Å². The molecule has 0 fully saturated rings. The number of amides is 1. The van der Waals surface area contributed by atoms with E-state index in [4.69, 9.17) is 16.7 Å². The molecule has 1 heterocycles. The molecule has 1 amide bonds. The second-order valence-corrected chi connectivity index (χ2v) is 4.70. The molecule has 4 nitrogen and oxygen atoms in total. The number of nitrogens with zero attached hydrogens (tertiary/aromatic N) is 1. The number of hydrogen-bond donors (Lipinski definition) is 2. The number of hydrogen-bond acceptors (Lipinski definition) is 3. The molecule has 0 saturated carbocycles. The normalized spacial score (nSPS) is 9.67. The van der Waals surface area contributed by atoms with Crippen LogP contribution in [-0.2, 0) is 0 Å². The predicted molar refractivity (Wildman–Crippen MR) is 82.3 cm³/mol. The number of benzene rings is 1. The number of aliphatic hydroxyl groups is 1. The van der Waals surface area contributed by atoms with E-state index in [0.717, 1.165) is 5.69 Å². The van der Waals surface area contributed by atoms with Gasteiger partial charge < -0.3 is 10.4 Å². The molecule has 0 radical (unpaired) electrons. The molecule has 2 rings (SSSR count). The third kappa shape index (κ3) is 4.06. The van der Waals surface area contributed by atoms with Gasteiger partial charge in [-0.05, 0) is 37.3 Å². The first-order valence-electron chi connectivity index (χ1n) is 6.23. The third-order valence-electron chi connectivity index (χ3n) is 2.69. The van der Waals surface area contributed by atoms with E-state index in [1.54, 1.807) is 36.5 Å². The summed E-state index contributed by atoms with van der Waals surface area (Å²) in [5.41, 5.74) is 2.50. The highest BCUT2D eigenvalue weighted by Crippen LogP contribution is 2.18. The van der Waals surface area contributed by atoms with Crippen LogP contribution in [0.15, 0.2) is 36.5 Å². The van der Waals surface area contributed by atoms with Gasteiger partial charge in [0.1, 0.15) is 6.61 Å². The summed E-state index contributed by atoms with van der Waals surface area (Å²) in [6.45, 7) is 1.61. The van der Waals surface area contributed by atoms with Crippen molar-refractivity contribution in [3.63, 3.8) is 0 Å². The van der Waals surface area contributed by atoms with E-state index in [1.165, 1.54) is 0 Å². The van der Waals surface area contributed by atoms with Gasteiger partial charge in [0.2, 0.25) is 0 Å². The minimum Gasteiger partial charge on any atom is -0.384 e. The van der Waals surface area contributed by atoms with Gasteiger partial charge in [-0.25, -0.2) is 0 Å². The van der Waals surface area contributed by atoms with Crippen LogP contribution in [-0.4, -0.2) is 22.6 Å². The fourth-order valence-electron chi connectivity index (χ4n) is 1.72. The van der Waals surface area contributed by atoms with E-state index in [2.05, 4.69) is 22.1 Å². The highest BCUT2D eigenvalue weighted by Gasteiger charge is 2.08. The summed E-state index contributed by atoms with van der Waals surface area (Å²) in [5.74, 6) is 4.97. The Hall–Kier alpha value is -2.35. The molecule has 2 N–H and O–H groups in total. The van der Waals surface area contributed by atoms with Crippen molar-refractivity contribution in [1.82, 2.24) is 4.98 Å². The molecule has 0 aliphatic heterocycles. The van der Waals surface area contributed by atoms with Gasteiger partial charge in [0.25, 0.3) is 5.91 Å². The zero-order valence-corrected chi connectivity index (χ0v) is 12.1. The van der Waals surface area contributed by atoms with Gasteiger partial charge in [-0.2, -0.15) is 0 Å². The second kappa shape index (κ2) is 6.89. The summed E-state index contributed by atoms with van der Waals surface area (Å²) in [7, 11) is 0. The topological polar surface area (TPSA) is 62.2 Å². The molecular formula is C16H13ClN2O2. The number of nitrogens with one attached hydrogen (secondary N) is 1. The number of aryl methyl sites for hydroxylation is 1. The van der Waals surface area contributed by atoms with Crippen LogP contribution in [0.4, 0.5) is 5.69 Å². The lowest BCUT2D eigenvalue weighted by atomic mass is 10.1. The summed E-state index contributed by atoms with van der Waals surface area (Å²) in [4.78, 5) is 16.2. The molecule has 0 aliphatic rings. The molecule has 5 heteroatoms. The Kier molecular flexibility index (Phi) is 4.94. The summed E-state index contributed by atoms with van der Waals surface area (Å²) in [6.07, 6.45) is 1.63. The molecule has 0 saturated heterocycles. The maximum Gasteiger partial charge on any atom is 0.255 e. The smallest absolute Gasteiger partial charge is 0.255 e. The van der Waals surface area contributed by atoms with Crippen LogP contribution in [0.2, 0.25) is 5.02 Å². The van der Waals surface area contributed by atoms with E-state index >= 15 is 0 Å². The van der Waals surface area contributed by atoms with Gasteiger partial charge in [0, 0.05) is 28.7 Å². The Morgan fingerprint density at radius 3 is 2.86 bits per heavy atom. The minimum atomic E-state index is -0.260. The number of carbonyl (C=O) groups excluding carboxylic acids is 1. The average Bonchev–Trinajstić information content (AvgIpc) is 2.46. The van der Waals surface area contributed by atoms with Crippen molar-refractivity contribution in [1.29, 1.82) is 0 Å². The van der Waals surface area contributed by atoms with Crippen LogP contribution in [0.1, 0.15) is 21.6 Å². The zero-order chi connectivity index (χ0) is 15.2. The maximum absolute atomic E-state index is 12.1. The van der Waals surface area contributed by atoms with Crippen molar-refractivity contribution in [2.45, 2.75) is 6.92 Å². The number of pyridine rings is 1. The van der Waals surface area contributed by atoms with Gasteiger partial charge in [-0.3, -0.25) is 9.78 Å². The highest BCUT2D eigenvalue weighted by molar-refractivity contribution is 6.32.